The van der Waals surface area contributed by atoms with Crippen LogP contribution in [0.25, 0.3) is 0 Å². The van der Waals surface area contributed by atoms with Crippen LogP contribution in [0.3, 0.4) is 0 Å². The number of ether oxygens (including phenoxy) is 2. The molecule has 0 aliphatic carbocycles. The van der Waals surface area contributed by atoms with Crippen LogP contribution < -0.4 is 0 Å². The molecule has 0 saturated carbocycles. The molecule has 2 aromatic rings. The van der Waals surface area contributed by atoms with Gasteiger partial charge in [0.2, 0.25) is 6.10 Å². The fourth-order valence-electron chi connectivity index (χ4n) is 2.66. The molecule has 0 aromatic heterocycles. The van der Waals surface area contributed by atoms with E-state index in [0.29, 0.717) is 37.9 Å². The average Bonchev–Trinajstić information content (AvgIpc) is 2.67. The van der Waals surface area contributed by atoms with E-state index < -0.39 is 35.2 Å². The molecule has 0 radical (unpaired) electrons. The summed E-state index contributed by atoms with van der Waals surface area (Å²) in [5.41, 5.74) is 0.0435. The molecule has 0 unspecified atom stereocenters. The van der Waals surface area contributed by atoms with Crippen LogP contribution in [0.4, 0.5) is 8.78 Å². The van der Waals surface area contributed by atoms with Gasteiger partial charge in [-0.3, -0.25) is 4.79 Å². The van der Waals surface area contributed by atoms with Gasteiger partial charge in [-0.25, -0.2) is 13.6 Å². The zero-order chi connectivity index (χ0) is 18.5. The van der Waals surface area contributed by atoms with E-state index in [4.69, 9.17) is 9.47 Å². The summed E-state index contributed by atoms with van der Waals surface area (Å²) >= 11 is 0. The highest BCUT2D eigenvalue weighted by Gasteiger charge is 2.31. The number of morpholine rings is 1. The van der Waals surface area contributed by atoms with Gasteiger partial charge in [-0.2, -0.15) is 0 Å². The van der Waals surface area contributed by atoms with Gasteiger partial charge >= 0.3 is 5.97 Å². The minimum absolute atomic E-state index is 0.380. The minimum atomic E-state index is -1.22. The van der Waals surface area contributed by atoms with E-state index in [9.17, 15) is 18.4 Å². The molecule has 1 aliphatic rings. The van der Waals surface area contributed by atoms with E-state index in [0.717, 1.165) is 12.1 Å². The Hall–Kier alpha value is -2.80. The Labute approximate surface area is 149 Å². The maximum Gasteiger partial charge on any atom is 0.342 e. The van der Waals surface area contributed by atoms with Crippen molar-refractivity contribution in [3.05, 3.63) is 71.3 Å². The van der Waals surface area contributed by atoms with Gasteiger partial charge in [-0.15, -0.1) is 0 Å². The van der Waals surface area contributed by atoms with Crippen LogP contribution in [-0.4, -0.2) is 43.1 Å². The lowest BCUT2D eigenvalue weighted by atomic mass is 10.1. The normalized spacial score (nSPS) is 15.4. The Morgan fingerprint density at radius 2 is 1.73 bits per heavy atom. The lowest BCUT2D eigenvalue weighted by Crippen LogP contribution is -2.44. The maximum absolute atomic E-state index is 13.9. The number of hydrogen-bond acceptors (Lipinski definition) is 4. The molecule has 1 fully saturated rings. The third-order valence-corrected chi connectivity index (χ3v) is 4.03. The Bertz CT molecular complexity index is 791. The largest absolute Gasteiger partial charge is 0.444 e. The van der Waals surface area contributed by atoms with Crippen molar-refractivity contribution in [2.45, 2.75) is 6.10 Å². The predicted molar refractivity (Wildman–Crippen MR) is 88.4 cm³/mol. The van der Waals surface area contributed by atoms with Crippen molar-refractivity contribution in [1.29, 1.82) is 0 Å². The molecule has 1 heterocycles. The molecule has 5 nitrogen and oxygen atoms in total. The second kappa shape index (κ2) is 8.05. The van der Waals surface area contributed by atoms with Crippen LogP contribution in [0.15, 0.2) is 48.5 Å². The van der Waals surface area contributed by atoms with Crippen molar-refractivity contribution < 1.29 is 27.8 Å². The molecule has 1 aliphatic heterocycles. The van der Waals surface area contributed by atoms with Gasteiger partial charge in [0.05, 0.1) is 18.8 Å². The highest BCUT2D eigenvalue weighted by molar-refractivity contribution is 5.93. The Morgan fingerprint density at radius 3 is 2.38 bits per heavy atom. The summed E-state index contributed by atoms with van der Waals surface area (Å²) in [6.45, 7) is 1.55. The molecule has 136 valence electrons. The first kappa shape index (κ1) is 18.0. The van der Waals surface area contributed by atoms with E-state index in [1.165, 1.54) is 4.90 Å². The molecule has 0 N–H and O–H groups in total. The van der Waals surface area contributed by atoms with Crippen molar-refractivity contribution in [1.82, 2.24) is 4.90 Å². The molecule has 1 atom stereocenters. The maximum atomic E-state index is 13.9. The van der Waals surface area contributed by atoms with Crippen molar-refractivity contribution >= 4 is 11.9 Å². The molecule has 0 bridgehead atoms. The topological polar surface area (TPSA) is 55.8 Å². The molecule has 1 amide bonds. The first-order chi connectivity index (χ1) is 12.6. The van der Waals surface area contributed by atoms with E-state index in [1.54, 1.807) is 30.3 Å². The average molecular weight is 361 g/mol. The molecule has 3 rings (SSSR count). The number of nitrogens with zero attached hydrogens (tertiary/aromatic N) is 1. The summed E-state index contributed by atoms with van der Waals surface area (Å²) < 4.78 is 37.5. The molecule has 7 heteroatoms. The van der Waals surface area contributed by atoms with Crippen LogP contribution in [0.2, 0.25) is 0 Å². The number of esters is 1. The van der Waals surface area contributed by atoms with Crippen LogP contribution in [0.1, 0.15) is 22.0 Å². The lowest BCUT2D eigenvalue weighted by Gasteiger charge is -2.30. The van der Waals surface area contributed by atoms with Gasteiger partial charge in [0.1, 0.15) is 11.6 Å². The Balaban J connectivity index is 1.85. The van der Waals surface area contributed by atoms with Crippen molar-refractivity contribution in [3.8, 4) is 0 Å². The Morgan fingerprint density at radius 1 is 1.04 bits per heavy atom. The van der Waals surface area contributed by atoms with Gasteiger partial charge in [0.25, 0.3) is 5.91 Å². The smallest absolute Gasteiger partial charge is 0.342 e. The third kappa shape index (κ3) is 4.05. The number of rotatable bonds is 4. The number of benzene rings is 2. The SMILES string of the molecule is O=C(O[C@@H](C(=O)N1CCOCC1)c1ccccc1)c1ccc(F)cc1F. The van der Waals surface area contributed by atoms with E-state index in [-0.39, 0.29) is 0 Å². The minimum Gasteiger partial charge on any atom is -0.444 e. The van der Waals surface area contributed by atoms with Crippen molar-refractivity contribution in [3.63, 3.8) is 0 Å². The van der Waals surface area contributed by atoms with Gasteiger partial charge < -0.3 is 14.4 Å². The number of amides is 1. The number of halogens is 2. The zero-order valence-corrected chi connectivity index (χ0v) is 13.9. The quantitative estimate of drug-likeness (QED) is 0.786. The van der Waals surface area contributed by atoms with Gasteiger partial charge in [0, 0.05) is 24.7 Å². The summed E-state index contributed by atoms with van der Waals surface area (Å²) in [5, 5.41) is 0. The van der Waals surface area contributed by atoms with Gasteiger partial charge in [-0.05, 0) is 12.1 Å². The monoisotopic (exact) mass is 361 g/mol. The molecule has 1 saturated heterocycles. The van der Waals surface area contributed by atoms with Gasteiger partial charge in [-0.1, -0.05) is 30.3 Å². The van der Waals surface area contributed by atoms with Crippen LogP contribution in [0, 0.1) is 11.6 Å². The molecule has 0 spiro atoms. The Kier molecular flexibility index (Phi) is 5.58. The zero-order valence-electron chi connectivity index (χ0n) is 13.9. The summed E-state index contributed by atoms with van der Waals surface area (Å²) in [6.07, 6.45) is -1.22. The summed E-state index contributed by atoms with van der Waals surface area (Å²) in [4.78, 5) is 26.7. The van der Waals surface area contributed by atoms with E-state index >= 15 is 0 Å². The standard InChI is InChI=1S/C19H17F2NO4/c20-14-6-7-15(16(21)12-14)19(24)26-17(13-4-2-1-3-5-13)18(23)22-8-10-25-11-9-22/h1-7,12,17H,8-11H2/t17-/m1/s1. The van der Waals surface area contributed by atoms with E-state index in [2.05, 4.69) is 0 Å². The summed E-state index contributed by atoms with van der Waals surface area (Å²) in [6, 6.07) is 11.0. The molecular formula is C19H17F2NO4. The second-order valence-electron chi connectivity index (χ2n) is 5.76. The lowest BCUT2D eigenvalue weighted by molar-refractivity contribution is -0.145. The first-order valence-corrected chi connectivity index (χ1v) is 8.14. The fraction of sp³-hybridized carbons (Fsp3) is 0.263. The first-order valence-electron chi connectivity index (χ1n) is 8.14. The third-order valence-electron chi connectivity index (χ3n) is 4.03. The van der Waals surface area contributed by atoms with E-state index in [1.807, 2.05) is 0 Å². The highest BCUT2D eigenvalue weighted by atomic mass is 19.1. The highest BCUT2D eigenvalue weighted by Crippen LogP contribution is 2.23. The van der Waals surface area contributed by atoms with Crippen molar-refractivity contribution in [2.24, 2.45) is 0 Å². The van der Waals surface area contributed by atoms with Crippen LogP contribution in [-0.2, 0) is 14.3 Å². The predicted octanol–water partition coefficient (Wildman–Crippen LogP) is 2.72. The number of carbonyl (C=O) groups is 2. The number of hydrogen-bond donors (Lipinski definition) is 0. The summed E-state index contributed by atoms with van der Waals surface area (Å²) in [7, 11) is 0. The van der Waals surface area contributed by atoms with Crippen molar-refractivity contribution in [2.75, 3.05) is 26.3 Å². The van der Waals surface area contributed by atoms with Crippen LogP contribution >= 0.6 is 0 Å². The number of carbonyl (C=O) groups excluding carboxylic acids is 2. The fourth-order valence-corrected chi connectivity index (χ4v) is 2.66. The summed E-state index contributed by atoms with van der Waals surface area (Å²) in [5.74, 6) is -3.28. The van der Waals surface area contributed by atoms with Crippen LogP contribution in [0.5, 0.6) is 0 Å². The molecular weight excluding hydrogens is 344 g/mol. The van der Waals surface area contributed by atoms with Gasteiger partial charge in [0.15, 0.2) is 0 Å². The second-order valence-corrected chi connectivity index (χ2v) is 5.76. The molecule has 26 heavy (non-hydrogen) atoms. The molecule has 2 aromatic carbocycles.